The first kappa shape index (κ1) is 9.93. The zero-order valence-electron chi connectivity index (χ0n) is 8.15. The molecule has 2 rings (SSSR count). The molecule has 2 aromatic rings. The number of hydrogen-bond acceptors (Lipinski definition) is 2. The third-order valence-corrected chi connectivity index (χ3v) is 2.44. The predicted octanol–water partition coefficient (Wildman–Crippen LogP) is 2.51. The molecule has 0 aliphatic rings. The Morgan fingerprint density at radius 2 is 1.80 bits per heavy atom. The van der Waals surface area contributed by atoms with Crippen molar-refractivity contribution < 1.29 is 9.50 Å². The lowest BCUT2D eigenvalue weighted by Gasteiger charge is -2.08. The normalized spacial score (nSPS) is 12.9. The lowest BCUT2D eigenvalue weighted by molar-refractivity contribution is 0.437. The van der Waals surface area contributed by atoms with E-state index in [2.05, 4.69) is 0 Å². The van der Waals surface area contributed by atoms with E-state index in [1.54, 1.807) is 24.3 Å². The van der Waals surface area contributed by atoms with Crippen molar-refractivity contribution in [2.45, 2.75) is 6.04 Å². The topological polar surface area (TPSA) is 46.2 Å². The summed E-state index contributed by atoms with van der Waals surface area (Å²) in [6.45, 7) is -0.566. The van der Waals surface area contributed by atoms with E-state index in [0.717, 1.165) is 16.3 Å². The third kappa shape index (κ3) is 1.92. The molecule has 0 saturated heterocycles. The number of hydrogen-bond donors (Lipinski definition) is 2. The van der Waals surface area contributed by atoms with E-state index in [-0.39, 0.29) is 5.75 Å². The van der Waals surface area contributed by atoms with Gasteiger partial charge in [0.15, 0.2) is 0 Å². The van der Waals surface area contributed by atoms with Gasteiger partial charge >= 0.3 is 0 Å². The minimum absolute atomic E-state index is 0.227. The maximum absolute atomic E-state index is 12.4. The number of rotatable bonds is 2. The number of phenols is 1. The summed E-state index contributed by atoms with van der Waals surface area (Å²) >= 11 is 0. The van der Waals surface area contributed by atoms with Gasteiger partial charge in [0.2, 0.25) is 0 Å². The van der Waals surface area contributed by atoms with Crippen LogP contribution in [0.3, 0.4) is 0 Å². The highest BCUT2D eigenvalue weighted by molar-refractivity contribution is 5.84. The van der Waals surface area contributed by atoms with Crippen molar-refractivity contribution in [2.75, 3.05) is 6.67 Å². The average molecular weight is 205 g/mol. The number of halogens is 1. The lowest BCUT2D eigenvalue weighted by atomic mass is 10.0. The number of nitrogens with two attached hydrogens (primary N) is 1. The molecule has 0 aliphatic heterocycles. The fourth-order valence-corrected chi connectivity index (χ4v) is 1.57. The Morgan fingerprint density at radius 3 is 2.53 bits per heavy atom. The van der Waals surface area contributed by atoms with Gasteiger partial charge in [-0.05, 0) is 34.5 Å². The summed E-state index contributed by atoms with van der Waals surface area (Å²) in [6.07, 6.45) is 0. The van der Waals surface area contributed by atoms with Gasteiger partial charge in [-0.15, -0.1) is 0 Å². The molecule has 0 aliphatic carbocycles. The van der Waals surface area contributed by atoms with E-state index >= 15 is 0 Å². The molecule has 0 unspecified atom stereocenters. The Balaban J connectivity index is 2.52. The minimum atomic E-state index is -0.566. The van der Waals surface area contributed by atoms with Gasteiger partial charge in [-0.2, -0.15) is 0 Å². The molecule has 0 heterocycles. The average Bonchev–Trinajstić information content (AvgIpc) is 2.27. The van der Waals surface area contributed by atoms with Crippen LogP contribution < -0.4 is 5.73 Å². The molecule has 0 bridgehead atoms. The summed E-state index contributed by atoms with van der Waals surface area (Å²) in [5, 5.41) is 11.1. The Labute approximate surface area is 87.1 Å². The third-order valence-electron chi connectivity index (χ3n) is 2.44. The second-order valence-corrected chi connectivity index (χ2v) is 3.55. The Morgan fingerprint density at radius 1 is 1.13 bits per heavy atom. The number of fused-ring (bicyclic) bond motifs is 1. The molecule has 2 nitrogen and oxygen atoms in total. The van der Waals surface area contributed by atoms with Gasteiger partial charge in [0, 0.05) is 0 Å². The van der Waals surface area contributed by atoms with Gasteiger partial charge in [0.05, 0.1) is 6.04 Å². The van der Waals surface area contributed by atoms with Crippen molar-refractivity contribution in [3.05, 3.63) is 42.0 Å². The quantitative estimate of drug-likeness (QED) is 0.791. The monoisotopic (exact) mass is 205 g/mol. The first-order chi connectivity index (χ1) is 7.20. The second kappa shape index (κ2) is 3.87. The van der Waals surface area contributed by atoms with E-state index in [0.29, 0.717) is 0 Å². The standard InChI is InChI=1S/C12H12FNO/c13-7-12(14)10-2-1-9-6-11(15)4-3-8(9)5-10/h1-6,12,15H,7,14H2/t12-/m1/s1. The molecule has 0 radical (unpaired) electrons. The summed E-state index contributed by atoms with van der Waals surface area (Å²) < 4.78 is 12.4. The van der Waals surface area contributed by atoms with Crippen LogP contribution in [0.15, 0.2) is 36.4 Å². The van der Waals surface area contributed by atoms with Gasteiger partial charge in [0.25, 0.3) is 0 Å². The fourth-order valence-electron chi connectivity index (χ4n) is 1.57. The molecule has 78 valence electrons. The van der Waals surface area contributed by atoms with Crippen LogP contribution in [0, 0.1) is 0 Å². The Kier molecular flexibility index (Phi) is 2.56. The lowest BCUT2D eigenvalue weighted by Crippen LogP contribution is -2.11. The van der Waals surface area contributed by atoms with Crippen LogP contribution in [-0.4, -0.2) is 11.8 Å². The molecule has 0 fully saturated rings. The molecule has 2 aromatic carbocycles. The predicted molar refractivity (Wildman–Crippen MR) is 58.5 cm³/mol. The summed E-state index contributed by atoms with van der Waals surface area (Å²) in [4.78, 5) is 0. The minimum Gasteiger partial charge on any atom is -0.508 e. The first-order valence-electron chi connectivity index (χ1n) is 4.75. The van der Waals surface area contributed by atoms with E-state index in [4.69, 9.17) is 5.73 Å². The van der Waals surface area contributed by atoms with Crippen LogP contribution in [-0.2, 0) is 0 Å². The van der Waals surface area contributed by atoms with Crippen LogP contribution >= 0.6 is 0 Å². The van der Waals surface area contributed by atoms with E-state index in [1.165, 1.54) is 0 Å². The van der Waals surface area contributed by atoms with Crippen molar-refractivity contribution in [1.29, 1.82) is 0 Å². The molecular formula is C12H12FNO. The molecular weight excluding hydrogens is 193 g/mol. The summed E-state index contributed by atoms with van der Waals surface area (Å²) in [5.41, 5.74) is 6.36. The molecule has 0 aromatic heterocycles. The van der Waals surface area contributed by atoms with Gasteiger partial charge in [-0.25, -0.2) is 4.39 Å². The van der Waals surface area contributed by atoms with Gasteiger partial charge in [-0.3, -0.25) is 0 Å². The molecule has 0 saturated carbocycles. The second-order valence-electron chi connectivity index (χ2n) is 3.55. The number of phenolic OH excluding ortho intramolecular Hbond substituents is 1. The van der Waals surface area contributed by atoms with Gasteiger partial charge < -0.3 is 10.8 Å². The van der Waals surface area contributed by atoms with Crippen LogP contribution in [0.4, 0.5) is 4.39 Å². The van der Waals surface area contributed by atoms with Crippen molar-refractivity contribution >= 4 is 10.8 Å². The van der Waals surface area contributed by atoms with Crippen LogP contribution in [0.25, 0.3) is 10.8 Å². The van der Waals surface area contributed by atoms with E-state index < -0.39 is 12.7 Å². The molecule has 1 atom stereocenters. The van der Waals surface area contributed by atoms with Crippen molar-refractivity contribution in [3.63, 3.8) is 0 Å². The zero-order chi connectivity index (χ0) is 10.8. The Hall–Kier alpha value is -1.61. The van der Waals surface area contributed by atoms with Crippen molar-refractivity contribution in [1.82, 2.24) is 0 Å². The Bertz CT molecular complexity index is 484. The van der Waals surface area contributed by atoms with E-state index in [9.17, 15) is 9.50 Å². The van der Waals surface area contributed by atoms with Crippen molar-refractivity contribution in [3.8, 4) is 5.75 Å². The molecule has 15 heavy (non-hydrogen) atoms. The van der Waals surface area contributed by atoms with E-state index in [1.807, 2.05) is 12.1 Å². The molecule has 0 spiro atoms. The highest BCUT2D eigenvalue weighted by Gasteiger charge is 2.05. The largest absolute Gasteiger partial charge is 0.508 e. The zero-order valence-corrected chi connectivity index (χ0v) is 8.15. The number of alkyl halides is 1. The van der Waals surface area contributed by atoms with Crippen LogP contribution in [0.2, 0.25) is 0 Å². The van der Waals surface area contributed by atoms with Crippen LogP contribution in [0.5, 0.6) is 5.75 Å². The SMILES string of the molecule is N[C@H](CF)c1ccc2cc(O)ccc2c1. The smallest absolute Gasteiger partial charge is 0.116 e. The van der Waals surface area contributed by atoms with Crippen molar-refractivity contribution in [2.24, 2.45) is 5.73 Å². The summed E-state index contributed by atoms with van der Waals surface area (Å²) in [5.74, 6) is 0.227. The highest BCUT2D eigenvalue weighted by Crippen LogP contribution is 2.23. The fraction of sp³-hybridized carbons (Fsp3) is 0.167. The maximum Gasteiger partial charge on any atom is 0.116 e. The summed E-state index contributed by atoms with van der Waals surface area (Å²) in [7, 11) is 0. The highest BCUT2D eigenvalue weighted by atomic mass is 19.1. The molecule has 3 heteroatoms. The molecule has 0 amide bonds. The maximum atomic E-state index is 12.4. The van der Waals surface area contributed by atoms with Gasteiger partial charge in [0.1, 0.15) is 12.4 Å². The summed E-state index contributed by atoms with van der Waals surface area (Å²) in [6, 6.07) is 9.96. The molecule has 3 N–H and O–H groups in total. The van der Waals surface area contributed by atoms with Crippen LogP contribution in [0.1, 0.15) is 11.6 Å². The van der Waals surface area contributed by atoms with Gasteiger partial charge in [-0.1, -0.05) is 18.2 Å². The number of aromatic hydroxyl groups is 1. The first-order valence-corrected chi connectivity index (χ1v) is 4.75. The number of benzene rings is 2.